The van der Waals surface area contributed by atoms with Crippen molar-refractivity contribution in [1.29, 1.82) is 0 Å². The van der Waals surface area contributed by atoms with E-state index in [0.717, 1.165) is 6.07 Å². The van der Waals surface area contributed by atoms with Gasteiger partial charge in [0.15, 0.2) is 5.43 Å². The second-order valence-electron chi connectivity index (χ2n) is 5.96. The lowest BCUT2D eigenvalue weighted by Crippen LogP contribution is -2.11. The second-order valence-corrected chi connectivity index (χ2v) is 6.40. The molecule has 4 aromatic rings. The number of aromatic hydroxyl groups is 1. The van der Waals surface area contributed by atoms with Gasteiger partial charge in [0.1, 0.15) is 23.5 Å². The lowest BCUT2D eigenvalue weighted by Gasteiger charge is -2.07. The first-order valence-corrected chi connectivity index (χ1v) is 8.45. The Balaban J connectivity index is 1.64. The van der Waals surface area contributed by atoms with Crippen molar-refractivity contribution in [3.63, 3.8) is 0 Å². The molecule has 0 aliphatic heterocycles. The van der Waals surface area contributed by atoms with Crippen LogP contribution in [-0.4, -0.2) is 11.1 Å². The van der Waals surface area contributed by atoms with Gasteiger partial charge in [-0.05, 0) is 30.3 Å². The SMILES string of the molecule is O=C(OCc1cc(=O)oc2cc(O)ccc12)c1cc(=O)c2cc(Cl)ccc2o1. The molecule has 0 aliphatic rings. The number of carbonyl (C=O) groups is 1. The maximum absolute atomic E-state index is 12.3. The monoisotopic (exact) mass is 398 g/mol. The number of phenols is 1. The number of fused-ring (bicyclic) bond motifs is 2. The van der Waals surface area contributed by atoms with E-state index in [4.69, 9.17) is 25.2 Å². The molecule has 0 unspecified atom stereocenters. The summed E-state index contributed by atoms with van der Waals surface area (Å²) < 4.78 is 15.6. The Labute approximate surface area is 161 Å². The number of ether oxygens (including phenoxy) is 1. The fraction of sp³-hybridized carbons (Fsp3) is 0.0500. The Morgan fingerprint density at radius 1 is 0.964 bits per heavy atom. The Morgan fingerprint density at radius 2 is 1.79 bits per heavy atom. The topological polar surface area (TPSA) is 107 Å². The maximum Gasteiger partial charge on any atom is 0.374 e. The summed E-state index contributed by atoms with van der Waals surface area (Å²) in [4.78, 5) is 36.2. The van der Waals surface area contributed by atoms with Crippen LogP contribution >= 0.6 is 11.6 Å². The molecule has 2 heterocycles. The molecule has 8 heteroatoms. The number of benzene rings is 2. The van der Waals surface area contributed by atoms with Crippen molar-refractivity contribution in [3.05, 3.63) is 85.5 Å². The summed E-state index contributed by atoms with van der Waals surface area (Å²) in [7, 11) is 0. The van der Waals surface area contributed by atoms with Gasteiger partial charge in [-0.2, -0.15) is 0 Å². The summed E-state index contributed by atoms with van der Waals surface area (Å²) in [5.41, 5.74) is -0.345. The summed E-state index contributed by atoms with van der Waals surface area (Å²) in [6, 6.07) is 10.9. The molecule has 0 spiro atoms. The van der Waals surface area contributed by atoms with E-state index < -0.39 is 17.0 Å². The van der Waals surface area contributed by atoms with E-state index in [2.05, 4.69) is 0 Å². The second kappa shape index (κ2) is 6.86. The summed E-state index contributed by atoms with van der Waals surface area (Å²) in [5, 5.41) is 10.6. The minimum atomic E-state index is -0.867. The molecule has 2 aromatic heterocycles. The van der Waals surface area contributed by atoms with Gasteiger partial charge in [-0.25, -0.2) is 9.59 Å². The zero-order valence-corrected chi connectivity index (χ0v) is 14.9. The third kappa shape index (κ3) is 3.35. The minimum absolute atomic E-state index is 0.0668. The average Bonchev–Trinajstić information content (AvgIpc) is 2.65. The first kappa shape index (κ1) is 17.8. The molecule has 4 rings (SSSR count). The predicted octanol–water partition coefficient (Wildman–Crippen LogP) is 3.62. The van der Waals surface area contributed by atoms with Gasteiger partial charge in [0.2, 0.25) is 5.76 Å². The molecule has 0 saturated carbocycles. The third-order valence-corrected chi connectivity index (χ3v) is 4.30. The molecule has 0 amide bonds. The van der Waals surface area contributed by atoms with Gasteiger partial charge in [0.25, 0.3) is 0 Å². The lowest BCUT2D eigenvalue weighted by atomic mass is 10.1. The fourth-order valence-corrected chi connectivity index (χ4v) is 2.95. The van der Waals surface area contributed by atoms with Gasteiger partial charge in [0, 0.05) is 34.2 Å². The summed E-state index contributed by atoms with van der Waals surface area (Å²) in [5.74, 6) is -1.21. The Kier molecular flexibility index (Phi) is 4.37. The summed E-state index contributed by atoms with van der Waals surface area (Å²) in [6.45, 7) is -0.256. The van der Waals surface area contributed by atoms with Crippen LogP contribution in [0.25, 0.3) is 21.9 Å². The van der Waals surface area contributed by atoms with Crippen molar-refractivity contribution in [2.24, 2.45) is 0 Å². The van der Waals surface area contributed by atoms with Gasteiger partial charge in [-0.3, -0.25) is 4.79 Å². The highest BCUT2D eigenvalue weighted by Crippen LogP contribution is 2.23. The number of esters is 1. The molecule has 0 bridgehead atoms. The zero-order valence-electron chi connectivity index (χ0n) is 14.1. The van der Waals surface area contributed by atoms with Gasteiger partial charge in [0.05, 0.1) is 5.39 Å². The smallest absolute Gasteiger partial charge is 0.374 e. The van der Waals surface area contributed by atoms with E-state index in [1.54, 1.807) is 0 Å². The van der Waals surface area contributed by atoms with Gasteiger partial charge in [-0.1, -0.05) is 11.6 Å². The van der Waals surface area contributed by atoms with Gasteiger partial charge >= 0.3 is 11.6 Å². The molecular weight excluding hydrogens is 388 g/mol. The molecule has 0 aliphatic carbocycles. The quantitative estimate of drug-likeness (QED) is 0.415. The van der Waals surface area contributed by atoms with Crippen LogP contribution in [0.4, 0.5) is 0 Å². The zero-order chi connectivity index (χ0) is 19.8. The first-order valence-electron chi connectivity index (χ1n) is 8.07. The number of hydrogen-bond donors (Lipinski definition) is 1. The average molecular weight is 399 g/mol. The number of hydrogen-bond acceptors (Lipinski definition) is 7. The third-order valence-electron chi connectivity index (χ3n) is 4.06. The van der Waals surface area contributed by atoms with E-state index in [1.165, 1.54) is 42.5 Å². The molecule has 1 N–H and O–H groups in total. The number of halogens is 1. The van der Waals surface area contributed by atoms with Crippen molar-refractivity contribution in [2.75, 3.05) is 0 Å². The fourth-order valence-electron chi connectivity index (χ4n) is 2.78. The van der Waals surface area contributed by atoms with Crippen LogP contribution in [0.3, 0.4) is 0 Å². The highest BCUT2D eigenvalue weighted by molar-refractivity contribution is 6.31. The molecule has 0 atom stereocenters. The predicted molar refractivity (Wildman–Crippen MR) is 101 cm³/mol. The van der Waals surface area contributed by atoms with Gasteiger partial charge in [-0.15, -0.1) is 0 Å². The van der Waals surface area contributed by atoms with Crippen LogP contribution in [-0.2, 0) is 11.3 Å². The largest absolute Gasteiger partial charge is 0.508 e. The Bertz CT molecular complexity index is 1350. The maximum atomic E-state index is 12.3. The van der Waals surface area contributed by atoms with Crippen LogP contribution in [0, 0.1) is 0 Å². The normalized spacial score (nSPS) is 11.0. The Hall–Kier alpha value is -3.58. The van der Waals surface area contributed by atoms with Crippen molar-refractivity contribution < 1.29 is 23.5 Å². The molecule has 140 valence electrons. The van der Waals surface area contributed by atoms with E-state index in [0.29, 0.717) is 16.0 Å². The van der Waals surface area contributed by atoms with E-state index >= 15 is 0 Å². The van der Waals surface area contributed by atoms with Crippen molar-refractivity contribution in [3.8, 4) is 5.75 Å². The molecule has 0 saturated heterocycles. The van der Waals surface area contributed by atoms with Crippen molar-refractivity contribution >= 4 is 39.5 Å². The van der Waals surface area contributed by atoms with Crippen LogP contribution < -0.4 is 11.1 Å². The number of carbonyl (C=O) groups excluding carboxylic acids is 1. The van der Waals surface area contributed by atoms with Gasteiger partial charge < -0.3 is 18.7 Å². The molecular formula is C20H11ClO7. The van der Waals surface area contributed by atoms with Crippen LogP contribution in [0.2, 0.25) is 5.02 Å². The molecule has 28 heavy (non-hydrogen) atoms. The first-order chi connectivity index (χ1) is 13.4. The highest BCUT2D eigenvalue weighted by Gasteiger charge is 2.16. The van der Waals surface area contributed by atoms with Crippen molar-refractivity contribution in [1.82, 2.24) is 0 Å². The number of phenolic OH excluding ortho intramolecular Hbond substituents is 1. The molecule has 0 radical (unpaired) electrons. The molecule has 2 aromatic carbocycles. The van der Waals surface area contributed by atoms with Crippen LogP contribution in [0.5, 0.6) is 5.75 Å². The van der Waals surface area contributed by atoms with Crippen LogP contribution in [0.15, 0.2) is 67.0 Å². The molecule has 0 fully saturated rings. The minimum Gasteiger partial charge on any atom is -0.508 e. The number of rotatable bonds is 3. The van der Waals surface area contributed by atoms with E-state index in [-0.39, 0.29) is 34.7 Å². The Morgan fingerprint density at radius 3 is 2.61 bits per heavy atom. The lowest BCUT2D eigenvalue weighted by molar-refractivity contribution is 0.0438. The van der Waals surface area contributed by atoms with Crippen molar-refractivity contribution in [2.45, 2.75) is 6.61 Å². The standard InChI is InChI=1S/C20H11ClO7/c21-11-1-4-16-14(6-11)15(23)8-18(27-16)20(25)26-9-10-5-19(24)28-17-7-12(22)2-3-13(10)17/h1-8,22H,9H2. The summed E-state index contributed by atoms with van der Waals surface area (Å²) >= 11 is 5.86. The highest BCUT2D eigenvalue weighted by atomic mass is 35.5. The van der Waals surface area contributed by atoms with E-state index in [1.807, 2.05) is 0 Å². The molecule has 7 nitrogen and oxygen atoms in total. The summed E-state index contributed by atoms with van der Waals surface area (Å²) in [6.07, 6.45) is 0. The van der Waals surface area contributed by atoms with Crippen LogP contribution in [0.1, 0.15) is 16.1 Å². The van der Waals surface area contributed by atoms with E-state index in [9.17, 15) is 19.5 Å².